The number of halogens is 1. The average Bonchev–Trinajstić information content (AvgIpc) is 2.54. The van der Waals surface area contributed by atoms with E-state index in [0.29, 0.717) is 5.69 Å². The lowest BCUT2D eigenvalue weighted by molar-refractivity contribution is 0.485. The van der Waals surface area contributed by atoms with Crippen LogP contribution in [0.2, 0.25) is 0 Å². The molecule has 0 atom stereocenters. The highest BCUT2D eigenvalue weighted by Crippen LogP contribution is 2.34. The van der Waals surface area contributed by atoms with Gasteiger partial charge in [-0.3, -0.25) is 4.98 Å². The van der Waals surface area contributed by atoms with Crippen molar-refractivity contribution in [2.75, 3.05) is 5.73 Å². The third kappa shape index (κ3) is 3.82. The zero-order valence-electron chi connectivity index (χ0n) is 13.9. The zero-order chi connectivity index (χ0) is 17.0. The van der Waals surface area contributed by atoms with Gasteiger partial charge in [0.05, 0.1) is 9.99 Å². The molecule has 0 unspecified atom stereocenters. The highest BCUT2D eigenvalue weighted by atomic mass is 79.9. The maximum absolute atomic E-state index is 6.03. The SMILES string of the molecule is CC.Cc1cc2nccc(Oc3ccc(N)cc3Br)c2cc1C. The predicted molar refractivity (Wildman–Crippen MR) is 101 cm³/mol. The second kappa shape index (κ2) is 7.47. The van der Waals surface area contributed by atoms with Gasteiger partial charge in [-0.15, -0.1) is 0 Å². The van der Waals surface area contributed by atoms with Gasteiger partial charge < -0.3 is 10.5 Å². The van der Waals surface area contributed by atoms with Crippen molar-refractivity contribution in [3.05, 3.63) is 58.2 Å². The van der Waals surface area contributed by atoms with Crippen LogP contribution >= 0.6 is 15.9 Å². The first-order valence-electron chi connectivity index (χ1n) is 7.63. The number of pyridine rings is 1. The second-order valence-electron chi connectivity index (χ2n) is 5.05. The lowest BCUT2D eigenvalue weighted by Crippen LogP contribution is -1.92. The van der Waals surface area contributed by atoms with Gasteiger partial charge in [-0.2, -0.15) is 0 Å². The fourth-order valence-electron chi connectivity index (χ4n) is 2.19. The van der Waals surface area contributed by atoms with Gasteiger partial charge in [-0.25, -0.2) is 0 Å². The van der Waals surface area contributed by atoms with E-state index in [1.165, 1.54) is 11.1 Å². The van der Waals surface area contributed by atoms with E-state index >= 15 is 0 Å². The molecule has 0 spiro atoms. The van der Waals surface area contributed by atoms with Gasteiger partial charge in [-0.05, 0) is 77.3 Å². The molecule has 23 heavy (non-hydrogen) atoms. The molecule has 0 aliphatic rings. The molecule has 3 rings (SSSR count). The molecule has 2 aromatic carbocycles. The molecule has 0 fully saturated rings. The summed E-state index contributed by atoms with van der Waals surface area (Å²) in [6, 6.07) is 11.6. The maximum Gasteiger partial charge on any atom is 0.141 e. The fraction of sp³-hybridized carbons (Fsp3) is 0.211. The minimum absolute atomic E-state index is 0.695. The summed E-state index contributed by atoms with van der Waals surface area (Å²) in [5.74, 6) is 1.52. The molecule has 2 N–H and O–H groups in total. The number of hydrogen-bond acceptors (Lipinski definition) is 3. The molecule has 0 saturated heterocycles. The molecule has 0 saturated carbocycles. The molecule has 3 nitrogen and oxygen atoms in total. The molecule has 0 aliphatic heterocycles. The Bertz CT molecular complexity index is 831. The summed E-state index contributed by atoms with van der Waals surface area (Å²) >= 11 is 3.47. The lowest BCUT2D eigenvalue weighted by Gasteiger charge is -2.12. The van der Waals surface area contributed by atoms with Crippen molar-refractivity contribution in [3.8, 4) is 11.5 Å². The molecule has 120 valence electrons. The lowest BCUT2D eigenvalue weighted by atomic mass is 10.1. The van der Waals surface area contributed by atoms with E-state index in [4.69, 9.17) is 10.5 Å². The Morgan fingerprint density at radius 2 is 1.65 bits per heavy atom. The molecule has 3 aromatic rings. The number of anilines is 1. The number of benzene rings is 2. The standard InChI is InChI=1S/C17H15BrN2O.C2H6/c1-10-7-13-15(8-11(10)2)20-6-5-16(13)21-17-4-3-12(19)9-14(17)18;1-2/h3-9H,19H2,1-2H3;1-2H3. The van der Waals surface area contributed by atoms with Gasteiger partial charge in [0.1, 0.15) is 11.5 Å². The van der Waals surface area contributed by atoms with E-state index in [0.717, 1.165) is 26.9 Å². The number of nitrogens with two attached hydrogens (primary N) is 1. The van der Waals surface area contributed by atoms with Crippen LogP contribution in [0.1, 0.15) is 25.0 Å². The van der Waals surface area contributed by atoms with Gasteiger partial charge >= 0.3 is 0 Å². The molecule has 4 heteroatoms. The smallest absolute Gasteiger partial charge is 0.141 e. The normalized spacial score (nSPS) is 10.1. The second-order valence-corrected chi connectivity index (χ2v) is 5.91. The average molecular weight is 373 g/mol. The van der Waals surface area contributed by atoms with Crippen LogP contribution < -0.4 is 10.5 Å². The Hall–Kier alpha value is -2.07. The van der Waals surface area contributed by atoms with E-state index in [1.807, 2.05) is 38.1 Å². The molecule has 0 bridgehead atoms. The number of fused-ring (bicyclic) bond motifs is 1. The van der Waals surface area contributed by atoms with Crippen molar-refractivity contribution < 1.29 is 4.74 Å². The number of hydrogen-bond donors (Lipinski definition) is 1. The number of ether oxygens (including phenoxy) is 1. The predicted octanol–water partition coefficient (Wildman–Crippen LogP) is 6.01. The molecular weight excluding hydrogens is 352 g/mol. The third-order valence-electron chi connectivity index (χ3n) is 3.49. The first-order valence-corrected chi connectivity index (χ1v) is 8.43. The van der Waals surface area contributed by atoms with Crippen molar-refractivity contribution in [1.82, 2.24) is 4.98 Å². The van der Waals surface area contributed by atoms with Crippen molar-refractivity contribution in [2.45, 2.75) is 27.7 Å². The monoisotopic (exact) mass is 372 g/mol. The van der Waals surface area contributed by atoms with E-state index in [-0.39, 0.29) is 0 Å². The minimum Gasteiger partial charge on any atom is -0.455 e. The number of aromatic nitrogens is 1. The number of nitrogen functional groups attached to an aromatic ring is 1. The molecule has 1 heterocycles. The minimum atomic E-state index is 0.695. The van der Waals surface area contributed by atoms with Gasteiger partial charge in [-0.1, -0.05) is 13.8 Å². The Kier molecular flexibility index (Phi) is 5.61. The van der Waals surface area contributed by atoms with Crippen LogP contribution in [0.3, 0.4) is 0 Å². The van der Waals surface area contributed by atoms with Crippen LogP contribution in [0.4, 0.5) is 5.69 Å². The summed E-state index contributed by atoms with van der Waals surface area (Å²) in [5.41, 5.74) is 9.82. The summed E-state index contributed by atoms with van der Waals surface area (Å²) in [6.45, 7) is 8.17. The summed E-state index contributed by atoms with van der Waals surface area (Å²) in [7, 11) is 0. The van der Waals surface area contributed by atoms with Crippen LogP contribution in [-0.2, 0) is 0 Å². The zero-order valence-corrected chi connectivity index (χ0v) is 15.4. The van der Waals surface area contributed by atoms with Gasteiger partial charge in [0, 0.05) is 17.3 Å². The van der Waals surface area contributed by atoms with Gasteiger partial charge in [0.2, 0.25) is 0 Å². The quantitative estimate of drug-likeness (QED) is 0.559. The Labute approximate surface area is 145 Å². The Morgan fingerprint density at radius 3 is 2.35 bits per heavy atom. The fourth-order valence-corrected chi connectivity index (χ4v) is 2.66. The van der Waals surface area contributed by atoms with E-state index < -0.39 is 0 Å². The molecule has 0 amide bonds. The summed E-state index contributed by atoms with van der Waals surface area (Å²) < 4.78 is 6.86. The Morgan fingerprint density at radius 1 is 0.957 bits per heavy atom. The van der Waals surface area contributed by atoms with Crippen LogP contribution in [-0.4, -0.2) is 4.98 Å². The summed E-state index contributed by atoms with van der Waals surface area (Å²) in [6.07, 6.45) is 1.76. The van der Waals surface area contributed by atoms with E-state index in [1.54, 1.807) is 6.20 Å². The van der Waals surface area contributed by atoms with Crippen LogP contribution in [0.5, 0.6) is 11.5 Å². The van der Waals surface area contributed by atoms with E-state index in [9.17, 15) is 0 Å². The highest BCUT2D eigenvalue weighted by Gasteiger charge is 2.08. The highest BCUT2D eigenvalue weighted by molar-refractivity contribution is 9.10. The Balaban J connectivity index is 0.000000924. The first-order chi connectivity index (χ1) is 11.0. The molecule has 0 aliphatic carbocycles. The van der Waals surface area contributed by atoms with Crippen molar-refractivity contribution >= 4 is 32.5 Å². The van der Waals surface area contributed by atoms with Crippen LogP contribution in [0, 0.1) is 13.8 Å². The number of rotatable bonds is 2. The maximum atomic E-state index is 6.03. The van der Waals surface area contributed by atoms with E-state index in [2.05, 4.69) is 46.9 Å². The molecule has 0 radical (unpaired) electrons. The van der Waals surface area contributed by atoms with Crippen molar-refractivity contribution in [3.63, 3.8) is 0 Å². The molecule has 1 aromatic heterocycles. The third-order valence-corrected chi connectivity index (χ3v) is 4.11. The van der Waals surface area contributed by atoms with Gasteiger partial charge in [0.15, 0.2) is 0 Å². The number of aryl methyl sites for hydroxylation is 2. The van der Waals surface area contributed by atoms with Crippen molar-refractivity contribution in [1.29, 1.82) is 0 Å². The first kappa shape index (κ1) is 17.3. The largest absolute Gasteiger partial charge is 0.455 e. The van der Waals surface area contributed by atoms with Gasteiger partial charge in [0.25, 0.3) is 0 Å². The van der Waals surface area contributed by atoms with Crippen LogP contribution in [0.25, 0.3) is 10.9 Å². The summed E-state index contributed by atoms with van der Waals surface area (Å²) in [4.78, 5) is 4.41. The van der Waals surface area contributed by atoms with Crippen molar-refractivity contribution in [2.24, 2.45) is 0 Å². The van der Waals surface area contributed by atoms with Crippen LogP contribution in [0.15, 0.2) is 47.1 Å². The summed E-state index contributed by atoms with van der Waals surface area (Å²) in [5, 5.41) is 1.00. The molecular formula is C19H21BrN2O. The number of nitrogens with zero attached hydrogens (tertiary/aromatic N) is 1. The topological polar surface area (TPSA) is 48.1 Å².